The number of rotatable bonds is 4. The topological polar surface area (TPSA) is 90.3 Å². The van der Waals surface area contributed by atoms with Gasteiger partial charge in [0.15, 0.2) is 0 Å². The second-order valence-electron chi connectivity index (χ2n) is 5.87. The van der Waals surface area contributed by atoms with Crippen molar-refractivity contribution < 1.29 is 17.9 Å². The van der Waals surface area contributed by atoms with Gasteiger partial charge in [0.1, 0.15) is 4.90 Å². The number of carbonyl (C=O) groups is 1. The largest absolute Gasteiger partial charge is 0.465 e. The molecule has 1 N–H and O–H groups in total. The lowest BCUT2D eigenvalue weighted by Crippen LogP contribution is -2.31. The number of nitrogens with zero attached hydrogens (tertiary/aromatic N) is 2. The van der Waals surface area contributed by atoms with Crippen molar-refractivity contribution in [1.82, 2.24) is 14.5 Å². The summed E-state index contributed by atoms with van der Waals surface area (Å²) < 4.78 is 34.7. The molecule has 1 atom stereocenters. The van der Waals surface area contributed by atoms with Gasteiger partial charge in [0.2, 0.25) is 10.0 Å². The highest BCUT2D eigenvalue weighted by molar-refractivity contribution is 7.89. The number of aromatic nitrogens is 2. The van der Waals surface area contributed by atoms with Gasteiger partial charge >= 0.3 is 5.97 Å². The molecule has 0 radical (unpaired) electrons. The Morgan fingerprint density at radius 1 is 1.44 bits per heavy atom. The van der Waals surface area contributed by atoms with Gasteiger partial charge < -0.3 is 4.74 Å². The van der Waals surface area contributed by atoms with E-state index >= 15 is 0 Å². The molecule has 1 aliphatic rings. The molecule has 1 heterocycles. The molecule has 1 unspecified atom stereocenters. The van der Waals surface area contributed by atoms with Crippen molar-refractivity contribution in [3.8, 4) is 0 Å². The van der Waals surface area contributed by atoms with Crippen molar-refractivity contribution in [2.24, 2.45) is 7.05 Å². The quantitative estimate of drug-likeness (QED) is 0.817. The third kappa shape index (κ3) is 3.42. The maximum absolute atomic E-state index is 12.8. The van der Waals surface area contributed by atoms with Crippen LogP contribution >= 0.6 is 11.6 Å². The van der Waals surface area contributed by atoms with Gasteiger partial charge in [0, 0.05) is 18.3 Å². The van der Waals surface area contributed by atoms with Crippen molar-refractivity contribution in [1.29, 1.82) is 0 Å². The average molecular weight is 384 g/mol. The van der Waals surface area contributed by atoms with Gasteiger partial charge in [-0.05, 0) is 37.5 Å². The van der Waals surface area contributed by atoms with Gasteiger partial charge in [-0.2, -0.15) is 5.10 Å². The van der Waals surface area contributed by atoms with Crippen LogP contribution in [0.2, 0.25) is 5.02 Å². The molecular formula is C16H18ClN3O4S. The number of ether oxygens (including phenoxy) is 1. The third-order valence-corrected chi connectivity index (χ3v) is 6.27. The summed E-state index contributed by atoms with van der Waals surface area (Å²) in [5, 5.41) is 4.26. The standard InChI is InChI=1S/C16H18ClN3O4S/c1-20-14-5-3-4-13(11(14)9-18-20)19-25(22,23)15-8-10(16(21)24-2)6-7-12(15)17/h6-9,13,19H,3-5H2,1-2H3. The van der Waals surface area contributed by atoms with Gasteiger partial charge in [-0.15, -0.1) is 0 Å². The van der Waals surface area contributed by atoms with Crippen LogP contribution < -0.4 is 4.72 Å². The van der Waals surface area contributed by atoms with Gasteiger partial charge in [-0.3, -0.25) is 4.68 Å². The predicted molar refractivity (Wildman–Crippen MR) is 92.0 cm³/mol. The molecule has 3 rings (SSSR count). The van der Waals surface area contributed by atoms with Crippen molar-refractivity contribution in [3.63, 3.8) is 0 Å². The van der Waals surface area contributed by atoms with E-state index in [2.05, 4.69) is 14.6 Å². The molecule has 0 amide bonds. The summed E-state index contributed by atoms with van der Waals surface area (Å²) in [5.74, 6) is -0.625. The van der Waals surface area contributed by atoms with Crippen LogP contribution in [-0.2, 0) is 28.2 Å². The summed E-state index contributed by atoms with van der Waals surface area (Å²) >= 11 is 6.06. The lowest BCUT2D eigenvalue weighted by molar-refractivity contribution is 0.0600. The van der Waals surface area contributed by atoms with E-state index in [1.807, 2.05) is 7.05 Å². The molecule has 0 spiro atoms. The summed E-state index contributed by atoms with van der Waals surface area (Å²) in [5.41, 5.74) is 2.02. The summed E-state index contributed by atoms with van der Waals surface area (Å²) in [6, 6.07) is 3.65. The number of benzene rings is 1. The number of carbonyl (C=O) groups excluding carboxylic acids is 1. The lowest BCUT2D eigenvalue weighted by Gasteiger charge is -2.24. The number of esters is 1. The number of nitrogens with one attached hydrogen (secondary N) is 1. The van der Waals surface area contributed by atoms with E-state index in [-0.39, 0.29) is 21.5 Å². The Kier molecular flexibility index (Phi) is 4.86. The van der Waals surface area contributed by atoms with Crippen LogP contribution in [-0.4, -0.2) is 31.3 Å². The van der Waals surface area contributed by atoms with E-state index in [1.54, 1.807) is 10.9 Å². The SMILES string of the molecule is COC(=O)c1ccc(Cl)c(S(=O)(=O)NC2CCCc3c2cnn3C)c1. The highest BCUT2D eigenvalue weighted by Crippen LogP contribution is 2.32. The Labute approximate surface area is 151 Å². The normalized spacial score (nSPS) is 17.2. The fourth-order valence-electron chi connectivity index (χ4n) is 3.03. The molecule has 0 saturated carbocycles. The second-order valence-corrected chi connectivity index (χ2v) is 7.96. The molecule has 0 fully saturated rings. The third-order valence-electron chi connectivity index (χ3n) is 4.31. The van der Waals surface area contributed by atoms with E-state index in [1.165, 1.54) is 25.3 Å². The molecule has 25 heavy (non-hydrogen) atoms. The first-order chi connectivity index (χ1) is 11.8. The highest BCUT2D eigenvalue weighted by Gasteiger charge is 2.29. The van der Waals surface area contributed by atoms with E-state index < -0.39 is 16.0 Å². The monoisotopic (exact) mass is 383 g/mol. The van der Waals surface area contributed by atoms with Gasteiger partial charge in [-0.25, -0.2) is 17.9 Å². The van der Waals surface area contributed by atoms with Crippen LogP contribution in [0, 0.1) is 0 Å². The van der Waals surface area contributed by atoms with E-state index in [9.17, 15) is 13.2 Å². The summed E-state index contributed by atoms with van der Waals surface area (Å²) in [6.45, 7) is 0. The second kappa shape index (κ2) is 6.78. The first kappa shape index (κ1) is 17.9. The number of sulfonamides is 1. The van der Waals surface area contributed by atoms with E-state index in [0.717, 1.165) is 24.1 Å². The zero-order valence-electron chi connectivity index (χ0n) is 13.8. The van der Waals surface area contributed by atoms with Crippen LogP contribution in [0.15, 0.2) is 29.3 Å². The Balaban J connectivity index is 1.94. The fraction of sp³-hybridized carbons (Fsp3) is 0.375. The molecule has 9 heteroatoms. The maximum atomic E-state index is 12.8. The number of fused-ring (bicyclic) bond motifs is 1. The minimum Gasteiger partial charge on any atom is -0.465 e. The minimum absolute atomic E-state index is 0.0439. The molecule has 7 nitrogen and oxygen atoms in total. The lowest BCUT2D eigenvalue weighted by atomic mass is 9.94. The molecule has 1 aliphatic carbocycles. The molecule has 0 saturated heterocycles. The molecule has 0 aliphatic heterocycles. The number of halogens is 1. The highest BCUT2D eigenvalue weighted by atomic mass is 35.5. The minimum atomic E-state index is -3.92. The van der Waals surface area contributed by atoms with Crippen LogP contribution in [0.3, 0.4) is 0 Å². The Bertz CT molecular complexity index is 923. The smallest absolute Gasteiger partial charge is 0.337 e. The van der Waals surface area contributed by atoms with Gasteiger partial charge in [-0.1, -0.05) is 11.6 Å². The predicted octanol–water partition coefficient (Wildman–Crippen LogP) is 2.22. The van der Waals surface area contributed by atoms with Crippen molar-refractivity contribution in [2.45, 2.75) is 30.2 Å². The zero-order valence-corrected chi connectivity index (χ0v) is 15.4. The molecule has 134 valence electrons. The zero-order chi connectivity index (χ0) is 18.2. The molecule has 0 bridgehead atoms. The van der Waals surface area contributed by atoms with Crippen LogP contribution in [0.25, 0.3) is 0 Å². The van der Waals surface area contributed by atoms with Gasteiger partial charge in [0.25, 0.3) is 0 Å². The molecule has 1 aromatic carbocycles. The Hall–Kier alpha value is -1.90. The van der Waals surface area contributed by atoms with Crippen LogP contribution in [0.4, 0.5) is 0 Å². The van der Waals surface area contributed by atoms with Crippen molar-refractivity contribution in [3.05, 3.63) is 46.2 Å². The fourth-order valence-corrected chi connectivity index (χ4v) is 4.81. The summed E-state index contributed by atoms with van der Waals surface area (Å²) in [4.78, 5) is 11.5. The van der Waals surface area contributed by atoms with E-state index in [0.29, 0.717) is 6.42 Å². The average Bonchev–Trinajstić information content (AvgIpc) is 2.96. The number of hydrogen-bond donors (Lipinski definition) is 1. The molecule has 2 aromatic rings. The first-order valence-electron chi connectivity index (χ1n) is 7.74. The summed E-state index contributed by atoms with van der Waals surface area (Å²) in [6.07, 6.45) is 4.08. The summed E-state index contributed by atoms with van der Waals surface area (Å²) in [7, 11) is -0.844. The van der Waals surface area contributed by atoms with Crippen LogP contribution in [0.5, 0.6) is 0 Å². The Morgan fingerprint density at radius 2 is 2.20 bits per heavy atom. The molecule has 1 aromatic heterocycles. The number of aryl methyl sites for hydroxylation is 1. The Morgan fingerprint density at radius 3 is 2.92 bits per heavy atom. The van der Waals surface area contributed by atoms with Gasteiger partial charge in [0.05, 0.1) is 29.9 Å². The first-order valence-corrected chi connectivity index (χ1v) is 9.60. The number of hydrogen-bond acceptors (Lipinski definition) is 5. The van der Waals surface area contributed by atoms with Crippen molar-refractivity contribution in [2.75, 3.05) is 7.11 Å². The number of methoxy groups -OCH3 is 1. The maximum Gasteiger partial charge on any atom is 0.337 e. The van der Waals surface area contributed by atoms with Crippen LogP contribution in [0.1, 0.15) is 40.5 Å². The van der Waals surface area contributed by atoms with Crippen molar-refractivity contribution >= 4 is 27.6 Å². The molecular weight excluding hydrogens is 366 g/mol. The van der Waals surface area contributed by atoms with E-state index in [4.69, 9.17) is 11.6 Å².